The predicted octanol–water partition coefficient (Wildman–Crippen LogP) is 6.41. The fourth-order valence-corrected chi connectivity index (χ4v) is 5.71. The fourth-order valence-electron chi connectivity index (χ4n) is 4.91. The molecule has 6 nitrogen and oxygen atoms in total. The largest absolute Gasteiger partial charge is 0.352 e. The maximum atomic E-state index is 13.1. The second kappa shape index (κ2) is 10.5. The summed E-state index contributed by atoms with van der Waals surface area (Å²) in [5.74, 6) is -0.156. The van der Waals surface area contributed by atoms with E-state index in [0.717, 1.165) is 34.0 Å². The number of halogens is 2. The lowest BCUT2D eigenvalue weighted by molar-refractivity contribution is -0.116. The number of pyridine rings is 1. The van der Waals surface area contributed by atoms with Gasteiger partial charge in [-0.3, -0.25) is 9.78 Å². The molecular weight excluding hydrogens is 525 g/mol. The molecule has 0 aliphatic carbocycles. The molecule has 1 fully saturated rings. The molecule has 37 heavy (non-hydrogen) atoms. The average Bonchev–Trinajstić information content (AvgIpc) is 3.35. The average molecular weight is 551 g/mol. The molecule has 188 valence electrons. The number of nitrogens with one attached hydrogen (secondary N) is 2. The summed E-state index contributed by atoms with van der Waals surface area (Å²) in [5.41, 5.74) is 5.44. The highest BCUT2D eigenvalue weighted by atomic mass is 35.5. The van der Waals surface area contributed by atoms with E-state index >= 15 is 0 Å². The molecule has 1 aliphatic rings. The number of anilines is 1. The number of para-hydroxylation sites is 1. The topological polar surface area (TPSA) is 62.2 Å². The smallest absolute Gasteiger partial charge is 0.244 e. The van der Waals surface area contributed by atoms with Crippen LogP contribution in [-0.2, 0) is 4.79 Å². The van der Waals surface area contributed by atoms with E-state index in [4.69, 9.17) is 35.4 Å². The molecule has 5 rings (SSSR count). The number of aryl methyl sites for hydroxylation is 1. The zero-order valence-electron chi connectivity index (χ0n) is 20.3. The first-order chi connectivity index (χ1) is 17.8. The van der Waals surface area contributed by atoms with Crippen molar-refractivity contribution in [2.75, 3.05) is 11.9 Å². The van der Waals surface area contributed by atoms with E-state index in [0.29, 0.717) is 15.2 Å². The van der Waals surface area contributed by atoms with Crippen LogP contribution < -0.4 is 10.6 Å². The minimum atomic E-state index is -0.269. The van der Waals surface area contributed by atoms with Crippen LogP contribution in [0.2, 0.25) is 10.0 Å². The Bertz CT molecular complexity index is 1460. The first kappa shape index (κ1) is 25.3. The summed E-state index contributed by atoms with van der Waals surface area (Å²) in [5, 5.41) is 8.01. The van der Waals surface area contributed by atoms with E-state index in [1.165, 1.54) is 0 Å². The summed E-state index contributed by atoms with van der Waals surface area (Å²) in [6.45, 7) is 4.16. The third kappa shape index (κ3) is 5.07. The molecule has 0 bridgehead atoms. The number of aromatic nitrogens is 2. The normalized spacial score (nSPS) is 17.1. The highest BCUT2D eigenvalue weighted by molar-refractivity contribution is 7.80. The van der Waals surface area contributed by atoms with Crippen LogP contribution in [-0.4, -0.2) is 32.0 Å². The van der Waals surface area contributed by atoms with Crippen molar-refractivity contribution in [3.8, 4) is 5.69 Å². The Kier molecular flexibility index (Phi) is 7.20. The SMILES string of the molecule is Cc1cc([C@H]2[C@@H](c3ccccn3)NC(=S)N2CC(=O)Nc2ccccc2)c(C)n1-c1ccc(Cl)cc1Cl. The first-order valence-electron chi connectivity index (χ1n) is 11.8. The van der Waals surface area contributed by atoms with Gasteiger partial charge in [0.2, 0.25) is 5.91 Å². The summed E-state index contributed by atoms with van der Waals surface area (Å²) >= 11 is 18.5. The Morgan fingerprint density at radius 3 is 2.51 bits per heavy atom. The van der Waals surface area contributed by atoms with Gasteiger partial charge in [-0.25, -0.2) is 0 Å². The molecular formula is C28H25Cl2N5OS. The molecule has 0 radical (unpaired) electrons. The molecule has 2 N–H and O–H groups in total. The lowest BCUT2D eigenvalue weighted by atomic mass is 9.96. The number of nitrogens with zero attached hydrogens (tertiary/aromatic N) is 3. The van der Waals surface area contributed by atoms with Gasteiger partial charge in [0, 0.05) is 28.3 Å². The van der Waals surface area contributed by atoms with Crippen LogP contribution in [0.15, 0.2) is 79.0 Å². The van der Waals surface area contributed by atoms with Crippen molar-refractivity contribution in [2.45, 2.75) is 25.9 Å². The van der Waals surface area contributed by atoms with E-state index in [1.54, 1.807) is 12.3 Å². The zero-order chi connectivity index (χ0) is 26.1. The standard InChI is InChI=1S/C28H25Cl2N5OS/c1-17-14-21(18(2)35(17)24-12-11-19(29)15-22(24)30)27-26(23-10-6-7-13-31-23)33-28(37)34(27)16-25(36)32-20-8-4-3-5-9-20/h3-15,26-27H,16H2,1-2H3,(H,32,36)(H,33,37)/t26-,27+/m1/s1. The Labute approximate surface area is 231 Å². The molecule has 0 saturated carbocycles. The molecule has 0 spiro atoms. The predicted molar refractivity (Wildman–Crippen MR) is 152 cm³/mol. The quantitative estimate of drug-likeness (QED) is 0.272. The zero-order valence-corrected chi connectivity index (χ0v) is 22.6. The van der Waals surface area contributed by atoms with Gasteiger partial charge in [-0.15, -0.1) is 0 Å². The summed E-state index contributed by atoms with van der Waals surface area (Å²) in [7, 11) is 0. The van der Waals surface area contributed by atoms with Crippen LogP contribution in [0.4, 0.5) is 5.69 Å². The van der Waals surface area contributed by atoms with E-state index < -0.39 is 0 Å². The summed E-state index contributed by atoms with van der Waals surface area (Å²) in [6.07, 6.45) is 1.76. The Hall–Kier alpha value is -3.39. The highest BCUT2D eigenvalue weighted by Gasteiger charge is 2.42. The number of hydrogen-bond acceptors (Lipinski definition) is 3. The van der Waals surface area contributed by atoms with E-state index in [2.05, 4.69) is 26.3 Å². The highest BCUT2D eigenvalue weighted by Crippen LogP contribution is 2.42. The van der Waals surface area contributed by atoms with E-state index in [1.807, 2.05) is 79.4 Å². The maximum absolute atomic E-state index is 13.1. The van der Waals surface area contributed by atoms with E-state index in [9.17, 15) is 4.79 Å². The lowest BCUT2D eigenvalue weighted by Gasteiger charge is -2.27. The molecule has 3 heterocycles. The van der Waals surface area contributed by atoms with Gasteiger partial charge in [-0.2, -0.15) is 0 Å². The van der Waals surface area contributed by atoms with Gasteiger partial charge in [0.15, 0.2) is 5.11 Å². The van der Waals surface area contributed by atoms with Gasteiger partial charge in [0.05, 0.1) is 28.5 Å². The second-order valence-corrected chi connectivity index (χ2v) is 10.2. The van der Waals surface area contributed by atoms with Gasteiger partial charge >= 0.3 is 0 Å². The molecule has 2 aromatic carbocycles. The molecule has 1 aliphatic heterocycles. The number of carbonyl (C=O) groups excluding carboxylic acids is 1. The van der Waals surface area contributed by atoms with Crippen molar-refractivity contribution in [3.05, 3.63) is 112 Å². The van der Waals surface area contributed by atoms with Crippen LogP contribution in [0, 0.1) is 13.8 Å². The molecule has 0 unspecified atom stereocenters. The number of benzene rings is 2. The number of rotatable bonds is 6. The van der Waals surface area contributed by atoms with Crippen LogP contribution in [0.25, 0.3) is 5.69 Å². The van der Waals surface area contributed by atoms with Crippen molar-refractivity contribution in [2.24, 2.45) is 0 Å². The Morgan fingerprint density at radius 2 is 1.81 bits per heavy atom. The summed E-state index contributed by atoms with van der Waals surface area (Å²) < 4.78 is 2.10. The molecule has 1 saturated heterocycles. The fraction of sp³-hybridized carbons (Fsp3) is 0.179. The second-order valence-electron chi connectivity index (χ2n) is 8.93. The van der Waals surface area contributed by atoms with Gasteiger partial charge in [-0.1, -0.05) is 47.5 Å². The first-order valence-corrected chi connectivity index (χ1v) is 13.0. The van der Waals surface area contributed by atoms with Gasteiger partial charge in [0.1, 0.15) is 6.54 Å². The minimum absolute atomic E-state index is 0.0834. The van der Waals surface area contributed by atoms with Crippen molar-refractivity contribution in [1.82, 2.24) is 19.8 Å². The molecule has 9 heteroatoms. The molecule has 2 aromatic heterocycles. The lowest BCUT2D eigenvalue weighted by Crippen LogP contribution is -2.37. The van der Waals surface area contributed by atoms with Crippen molar-refractivity contribution < 1.29 is 4.79 Å². The van der Waals surface area contributed by atoms with Gasteiger partial charge in [0.25, 0.3) is 0 Å². The van der Waals surface area contributed by atoms with Crippen molar-refractivity contribution in [3.63, 3.8) is 0 Å². The third-order valence-corrected chi connectivity index (χ3v) is 7.40. The van der Waals surface area contributed by atoms with Gasteiger partial charge < -0.3 is 20.1 Å². The van der Waals surface area contributed by atoms with Crippen LogP contribution >= 0.6 is 35.4 Å². The van der Waals surface area contributed by atoms with Gasteiger partial charge in [-0.05, 0) is 80.2 Å². The third-order valence-electron chi connectivity index (χ3n) is 6.51. The monoisotopic (exact) mass is 549 g/mol. The van der Waals surface area contributed by atoms with E-state index in [-0.39, 0.29) is 24.5 Å². The molecule has 4 aromatic rings. The molecule has 1 amide bonds. The van der Waals surface area contributed by atoms with Crippen molar-refractivity contribution in [1.29, 1.82) is 0 Å². The van der Waals surface area contributed by atoms with Crippen LogP contribution in [0.3, 0.4) is 0 Å². The van der Waals surface area contributed by atoms with Crippen LogP contribution in [0.5, 0.6) is 0 Å². The Morgan fingerprint density at radius 1 is 1.05 bits per heavy atom. The van der Waals surface area contributed by atoms with Crippen molar-refractivity contribution >= 4 is 52.1 Å². The maximum Gasteiger partial charge on any atom is 0.244 e. The minimum Gasteiger partial charge on any atom is -0.352 e. The number of hydrogen-bond donors (Lipinski definition) is 2. The Balaban J connectivity index is 1.55. The number of carbonyl (C=O) groups is 1. The number of thiocarbonyl (C=S) groups is 1. The number of amides is 1. The summed E-state index contributed by atoms with van der Waals surface area (Å²) in [6, 6.07) is 22.3. The molecule has 2 atom stereocenters. The summed E-state index contributed by atoms with van der Waals surface area (Å²) in [4.78, 5) is 19.6. The van der Waals surface area contributed by atoms with Crippen LogP contribution in [0.1, 0.15) is 34.7 Å².